The average molecular weight is 170 g/mol. The molecule has 0 heterocycles. The summed E-state index contributed by atoms with van der Waals surface area (Å²) in [7, 11) is 0. The molecule has 2 unspecified atom stereocenters. The van der Waals surface area contributed by atoms with Crippen LogP contribution in [-0.4, -0.2) is 18.3 Å². The molecule has 0 amide bonds. The number of hydrogen-bond acceptors (Lipinski definition) is 0. The maximum Gasteiger partial charge on any atom is 0.278 e. The first-order valence-corrected chi connectivity index (χ1v) is 3.16. The summed E-state index contributed by atoms with van der Waals surface area (Å²) in [5.41, 5.74) is 0. The van der Waals surface area contributed by atoms with Gasteiger partial charge in [0.05, 0.1) is 0 Å². The van der Waals surface area contributed by atoms with Gasteiger partial charge in [-0.2, -0.15) is 0 Å². The van der Waals surface area contributed by atoms with Crippen molar-refractivity contribution in [3.63, 3.8) is 0 Å². The molecule has 2 atom stereocenters. The Kier molecular flexibility index (Phi) is 3.55. The quantitative estimate of drug-likeness (QED) is 0.449. The van der Waals surface area contributed by atoms with Gasteiger partial charge < -0.3 is 0 Å². The highest BCUT2D eigenvalue weighted by Gasteiger charge is 2.40. The van der Waals surface area contributed by atoms with Crippen molar-refractivity contribution in [2.75, 3.05) is 0 Å². The fourth-order valence-corrected chi connectivity index (χ4v) is 0.596. The van der Waals surface area contributed by atoms with Gasteiger partial charge in [0.2, 0.25) is 0 Å². The van der Waals surface area contributed by atoms with Crippen LogP contribution in [0.25, 0.3) is 0 Å². The summed E-state index contributed by atoms with van der Waals surface area (Å²) in [6.45, 7) is 3.47. The molecule has 11 heavy (non-hydrogen) atoms. The van der Waals surface area contributed by atoms with Crippen LogP contribution in [0.5, 0.6) is 0 Å². The Morgan fingerprint density at radius 3 is 2.18 bits per heavy atom. The van der Waals surface area contributed by atoms with Crippen molar-refractivity contribution in [1.29, 1.82) is 0 Å². The summed E-state index contributed by atoms with van der Waals surface area (Å²) in [5, 5.41) is 0. The molecule has 66 valence electrons. The molecule has 0 aliphatic rings. The van der Waals surface area contributed by atoms with Gasteiger partial charge in [0.25, 0.3) is 5.92 Å². The van der Waals surface area contributed by atoms with Crippen LogP contribution in [0, 0.1) is 0 Å². The average Bonchev–Trinajstić information content (AvgIpc) is 1.85. The zero-order valence-electron chi connectivity index (χ0n) is 6.16. The Hall–Kier alpha value is -0.540. The van der Waals surface area contributed by atoms with Crippen molar-refractivity contribution in [1.82, 2.24) is 0 Å². The summed E-state index contributed by atoms with van der Waals surface area (Å²) in [5.74, 6) is -3.61. The maximum atomic E-state index is 12.4. The lowest BCUT2D eigenvalue weighted by Crippen LogP contribution is -2.34. The molecule has 4 heteroatoms. The normalized spacial score (nSPS) is 17.5. The Labute approximate surface area is 62.9 Å². The molecule has 0 radical (unpaired) electrons. The van der Waals surface area contributed by atoms with Crippen molar-refractivity contribution in [3.05, 3.63) is 12.7 Å². The van der Waals surface area contributed by atoms with Gasteiger partial charge in [0, 0.05) is 6.92 Å². The van der Waals surface area contributed by atoms with Crippen LogP contribution in [0.2, 0.25) is 0 Å². The fourth-order valence-electron chi connectivity index (χ4n) is 0.596. The van der Waals surface area contributed by atoms with E-state index in [2.05, 4.69) is 6.58 Å². The highest BCUT2D eigenvalue weighted by atomic mass is 19.3. The molecule has 0 aliphatic carbocycles. The Morgan fingerprint density at radius 1 is 1.45 bits per heavy atom. The van der Waals surface area contributed by atoms with Gasteiger partial charge in [-0.25, -0.2) is 17.6 Å². The number of alkyl halides is 4. The molecule has 0 N–H and O–H groups in total. The summed E-state index contributed by atoms with van der Waals surface area (Å²) in [4.78, 5) is 0. The van der Waals surface area contributed by atoms with E-state index in [0.717, 1.165) is 6.08 Å². The van der Waals surface area contributed by atoms with Gasteiger partial charge in [0.1, 0.15) is 6.17 Å². The monoisotopic (exact) mass is 170 g/mol. The van der Waals surface area contributed by atoms with Gasteiger partial charge in [-0.05, 0) is 6.42 Å². The topological polar surface area (TPSA) is 0 Å². The lowest BCUT2D eigenvalue weighted by molar-refractivity contribution is -0.0833. The Morgan fingerprint density at radius 2 is 1.91 bits per heavy atom. The molecule has 0 bridgehead atoms. The number of hydrogen-bond donors (Lipinski definition) is 0. The van der Waals surface area contributed by atoms with E-state index in [9.17, 15) is 17.6 Å². The smallest absolute Gasteiger partial charge is 0.244 e. The van der Waals surface area contributed by atoms with Crippen LogP contribution in [0.4, 0.5) is 17.6 Å². The van der Waals surface area contributed by atoms with Crippen LogP contribution >= 0.6 is 0 Å². The molecular weight excluding hydrogens is 160 g/mol. The second-order valence-electron chi connectivity index (χ2n) is 2.40. The molecule has 0 saturated carbocycles. The van der Waals surface area contributed by atoms with Gasteiger partial charge in [-0.15, -0.1) is 6.58 Å². The maximum absolute atomic E-state index is 12.4. The van der Waals surface area contributed by atoms with E-state index in [4.69, 9.17) is 0 Å². The molecular formula is C7H10F4. The molecule has 0 aliphatic heterocycles. The third-order valence-corrected chi connectivity index (χ3v) is 1.19. The summed E-state index contributed by atoms with van der Waals surface area (Å²) in [6, 6.07) is 0. The van der Waals surface area contributed by atoms with Crippen molar-refractivity contribution in [3.8, 4) is 0 Å². The molecule has 0 spiro atoms. The Bertz CT molecular complexity index is 127. The van der Waals surface area contributed by atoms with E-state index >= 15 is 0 Å². The molecule has 0 aromatic carbocycles. The highest BCUT2D eigenvalue weighted by molar-refractivity contribution is 4.84. The fraction of sp³-hybridized carbons (Fsp3) is 0.714. The Balaban J connectivity index is 4.01. The summed E-state index contributed by atoms with van der Waals surface area (Å²) < 4.78 is 48.8. The second kappa shape index (κ2) is 3.74. The molecule has 0 saturated heterocycles. The number of halogens is 4. The second-order valence-corrected chi connectivity index (χ2v) is 2.40. The van der Waals surface area contributed by atoms with E-state index in [0.29, 0.717) is 6.92 Å². The van der Waals surface area contributed by atoms with E-state index in [1.54, 1.807) is 0 Å². The van der Waals surface area contributed by atoms with E-state index < -0.39 is 18.3 Å². The predicted molar refractivity (Wildman–Crippen MR) is 35.2 cm³/mol. The minimum Gasteiger partial charge on any atom is -0.244 e. The SMILES string of the molecule is C=CCC(F)C(F)C(C)(F)F. The first-order valence-electron chi connectivity index (χ1n) is 3.16. The van der Waals surface area contributed by atoms with Crippen LogP contribution in [0.3, 0.4) is 0 Å². The molecule has 0 aromatic rings. The zero-order chi connectivity index (χ0) is 9.07. The standard InChI is InChI=1S/C7H10F4/c1-3-4-5(8)6(9)7(2,10)11/h3,5-6H,1,4H2,2H3. The lowest BCUT2D eigenvalue weighted by Gasteiger charge is -2.18. The lowest BCUT2D eigenvalue weighted by atomic mass is 10.1. The van der Waals surface area contributed by atoms with Crippen molar-refractivity contribution in [2.45, 2.75) is 31.6 Å². The third kappa shape index (κ3) is 3.39. The van der Waals surface area contributed by atoms with Crippen LogP contribution in [0.15, 0.2) is 12.7 Å². The molecule has 0 nitrogen and oxygen atoms in total. The van der Waals surface area contributed by atoms with Crippen molar-refractivity contribution >= 4 is 0 Å². The van der Waals surface area contributed by atoms with Gasteiger partial charge in [0.15, 0.2) is 6.17 Å². The predicted octanol–water partition coefficient (Wildman–Crippen LogP) is 2.89. The minimum atomic E-state index is -3.61. The molecule has 0 rings (SSSR count). The first-order chi connectivity index (χ1) is 4.89. The summed E-state index contributed by atoms with van der Waals surface area (Å²) in [6.07, 6.45) is -4.21. The highest BCUT2D eigenvalue weighted by Crippen LogP contribution is 2.26. The largest absolute Gasteiger partial charge is 0.278 e. The van der Waals surface area contributed by atoms with Gasteiger partial charge in [-0.1, -0.05) is 6.08 Å². The molecule has 0 fully saturated rings. The van der Waals surface area contributed by atoms with Crippen molar-refractivity contribution < 1.29 is 17.6 Å². The van der Waals surface area contributed by atoms with Crippen LogP contribution in [0.1, 0.15) is 13.3 Å². The molecule has 0 aromatic heterocycles. The number of allylic oxidation sites excluding steroid dienone is 1. The third-order valence-electron chi connectivity index (χ3n) is 1.19. The van der Waals surface area contributed by atoms with Gasteiger partial charge >= 0.3 is 0 Å². The first kappa shape index (κ1) is 10.5. The minimum absolute atomic E-state index is 0.354. The van der Waals surface area contributed by atoms with Gasteiger partial charge in [-0.3, -0.25) is 0 Å². The van der Waals surface area contributed by atoms with Crippen molar-refractivity contribution in [2.24, 2.45) is 0 Å². The van der Waals surface area contributed by atoms with E-state index in [-0.39, 0.29) is 6.42 Å². The zero-order valence-corrected chi connectivity index (χ0v) is 6.16. The number of rotatable bonds is 4. The van der Waals surface area contributed by atoms with E-state index in [1.165, 1.54) is 0 Å². The van der Waals surface area contributed by atoms with Crippen LogP contribution < -0.4 is 0 Å². The van der Waals surface area contributed by atoms with E-state index in [1.807, 2.05) is 0 Å². The van der Waals surface area contributed by atoms with Crippen LogP contribution in [-0.2, 0) is 0 Å². The summed E-state index contributed by atoms with van der Waals surface area (Å²) >= 11 is 0.